The predicted molar refractivity (Wildman–Crippen MR) is 163 cm³/mol. The van der Waals surface area contributed by atoms with Gasteiger partial charge in [-0.05, 0) is 66.1 Å². The van der Waals surface area contributed by atoms with Gasteiger partial charge in [-0.2, -0.15) is 0 Å². The molecule has 0 aliphatic heterocycles. The van der Waals surface area contributed by atoms with Crippen LogP contribution in [0.5, 0.6) is 0 Å². The molecule has 7 aromatic rings. The lowest BCUT2D eigenvalue weighted by atomic mass is 9.85. The van der Waals surface area contributed by atoms with E-state index < -0.39 is 0 Å². The van der Waals surface area contributed by atoms with E-state index in [2.05, 4.69) is 158 Å². The van der Waals surface area contributed by atoms with Crippen LogP contribution < -0.4 is 0 Å². The highest BCUT2D eigenvalue weighted by Gasteiger charge is 2.16. The van der Waals surface area contributed by atoms with Crippen molar-refractivity contribution in [1.29, 1.82) is 0 Å². The first kappa shape index (κ1) is 22.3. The maximum atomic E-state index is 2.27. The molecule has 0 aliphatic rings. The van der Waals surface area contributed by atoms with Crippen LogP contribution in [0.3, 0.4) is 0 Å². The van der Waals surface area contributed by atoms with Gasteiger partial charge in [0.15, 0.2) is 0 Å². The Morgan fingerprint density at radius 3 is 0.737 bits per heavy atom. The highest BCUT2D eigenvalue weighted by atomic mass is 14.2. The second kappa shape index (κ2) is 9.50. The van der Waals surface area contributed by atoms with Crippen LogP contribution in [0.1, 0.15) is 0 Å². The Balaban J connectivity index is 1.43. The zero-order valence-corrected chi connectivity index (χ0v) is 21.0. The van der Waals surface area contributed by atoms with E-state index in [4.69, 9.17) is 0 Å². The summed E-state index contributed by atoms with van der Waals surface area (Å²) in [6.07, 6.45) is 0. The van der Waals surface area contributed by atoms with Gasteiger partial charge < -0.3 is 0 Å². The van der Waals surface area contributed by atoms with Gasteiger partial charge in [0.25, 0.3) is 0 Å². The molecule has 0 saturated carbocycles. The summed E-state index contributed by atoms with van der Waals surface area (Å²) in [5.74, 6) is 0. The highest BCUT2D eigenvalue weighted by molar-refractivity contribution is 6.21. The summed E-state index contributed by atoms with van der Waals surface area (Å²) in [5.41, 5.74) is 10.0. The fourth-order valence-electron chi connectivity index (χ4n) is 5.67. The fourth-order valence-corrected chi connectivity index (χ4v) is 5.67. The van der Waals surface area contributed by atoms with Gasteiger partial charge in [0.1, 0.15) is 0 Å². The molecule has 0 radical (unpaired) electrons. The van der Waals surface area contributed by atoms with Crippen LogP contribution in [-0.4, -0.2) is 0 Å². The van der Waals surface area contributed by atoms with Crippen LogP contribution >= 0.6 is 0 Å². The lowest BCUT2D eigenvalue weighted by Gasteiger charge is -2.18. The maximum Gasteiger partial charge on any atom is -0.00264 e. The molecular formula is C38H26. The average Bonchev–Trinajstić information content (AvgIpc) is 3.01. The molecule has 0 aliphatic carbocycles. The van der Waals surface area contributed by atoms with Crippen molar-refractivity contribution in [2.75, 3.05) is 0 Å². The first-order valence-electron chi connectivity index (χ1n) is 13.1. The van der Waals surface area contributed by atoms with Crippen molar-refractivity contribution in [2.24, 2.45) is 0 Å². The molecule has 0 atom stereocenters. The van der Waals surface area contributed by atoms with Crippen molar-refractivity contribution in [1.82, 2.24) is 0 Å². The number of fused-ring (bicyclic) bond motifs is 2. The van der Waals surface area contributed by atoms with E-state index in [1.54, 1.807) is 0 Å². The van der Waals surface area contributed by atoms with Gasteiger partial charge in [-0.1, -0.05) is 158 Å². The van der Waals surface area contributed by atoms with Crippen molar-refractivity contribution >= 4 is 21.5 Å². The molecule has 0 spiro atoms. The predicted octanol–water partition coefficient (Wildman–Crippen LogP) is 10.7. The molecule has 7 aromatic carbocycles. The van der Waals surface area contributed by atoms with Gasteiger partial charge in [0.2, 0.25) is 0 Å². The molecule has 0 heteroatoms. The maximum absolute atomic E-state index is 2.27. The van der Waals surface area contributed by atoms with Gasteiger partial charge in [0.05, 0.1) is 0 Å². The lowest BCUT2D eigenvalue weighted by Crippen LogP contribution is -1.91. The number of benzene rings is 7. The summed E-state index contributed by atoms with van der Waals surface area (Å²) >= 11 is 0. The lowest BCUT2D eigenvalue weighted by molar-refractivity contribution is 1.60. The van der Waals surface area contributed by atoms with Crippen LogP contribution in [0.4, 0.5) is 0 Å². The number of rotatable bonds is 4. The van der Waals surface area contributed by atoms with E-state index in [9.17, 15) is 0 Å². The summed E-state index contributed by atoms with van der Waals surface area (Å²) in [5, 5.41) is 5.11. The Morgan fingerprint density at radius 2 is 0.421 bits per heavy atom. The van der Waals surface area contributed by atoms with E-state index in [1.807, 2.05) is 0 Å². The minimum Gasteiger partial charge on any atom is -0.0622 e. The molecule has 0 N–H and O–H groups in total. The average molecular weight is 483 g/mol. The van der Waals surface area contributed by atoms with Crippen molar-refractivity contribution in [3.05, 3.63) is 158 Å². The zero-order chi connectivity index (χ0) is 25.3. The fraction of sp³-hybridized carbons (Fsp3) is 0. The second-order valence-corrected chi connectivity index (χ2v) is 9.73. The highest BCUT2D eigenvalue weighted by Crippen LogP contribution is 2.44. The van der Waals surface area contributed by atoms with Crippen LogP contribution in [0.25, 0.3) is 66.1 Å². The first-order chi connectivity index (χ1) is 18.9. The number of hydrogen-bond donors (Lipinski definition) is 0. The van der Waals surface area contributed by atoms with Crippen molar-refractivity contribution in [3.63, 3.8) is 0 Å². The number of hydrogen-bond acceptors (Lipinski definition) is 0. The van der Waals surface area contributed by atoms with Crippen molar-refractivity contribution in [2.45, 2.75) is 0 Å². The molecule has 0 nitrogen and oxygen atoms in total. The molecule has 178 valence electrons. The molecule has 0 fully saturated rings. The zero-order valence-electron chi connectivity index (χ0n) is 21.0. The Kier molecular flexibility index (Phi) is 5.57. The third-order valence-electron chi connectivity index (χ3n) is 7.49. The van der Waals surface area contributed by atoms with Crippen LogP contribution in [-0.2, 0) is 0 Å². The molecule has 0 saturated heterocycles. The minimum atomic E-state index is 1.23. The van der Waals surface area contributed by atoms with E-state index in [0.717, 1.165) is 0 Å². The van der Waals surface area contributed by atoms with Gasteiger partial charge >= 0.3 is 0 Å². The summed E-state index contributed by atoms with van der Waals surface area (Å²) < 4.78 is 0. The van der Waals surface area contributed by atoms with Crippen LogP contribution in [0.15, 0.2) is 158 Å². The van der Waals surface area contributed by atoms with Gasteiger partial charge in [0, 0.05) is 0 Å². The second-order valence-electron chi connectivity index (χ2n) is 9.73. The molecule has 0 unspecified atom stereocenters. The van der Waals surface area contributed by atoms with E-state index in [1.165, 1.54) is 66.1 Å². The minimum absolute atomic E-state index is 1.23. The molecular weight excluding hydrogens is 456 g/mol. The Hall–Kier alpha value is -4.94. The Morgan fingerprint density at radius 1 is 0.184 bits per heavy atom. The normalized spacial score (nSPS) is 11.2. The van der Waals surface area contributed by atoms with Gasteiger partial charge in [-0.3, -0.25) is 0 Å². The molecule has 38 heavy (non-hydrogen) atoms. The molecule has 7 rings (SSSR count). The third kappa shape index (κ3) is 3.88. The molecule has 0 aromatic heterocycles. The summed E-state index contributed by atoms with van der Waals surface area (Å²) in [7, 11) is 0. The Labute approximate surface area is 223 Å². The van der Waals surface area contributed by atoms with Gasteiger partial charge in [-0.15, -0.1) is 0 Å². The monoisotopic (exact) mass is 482 g/mol. The third-order valence-corrected chi connectivity index (χ3v) is 7.49. The summed E-state index contributed by atoms with van der Waals surface area (Å²) in [4.78, 5) is 0. The first-order valence-corrected chi connectivity index (χ1v) is 13.1. The SMILES string of the molecule is c1ccc(-c2ccc(-c3c4ccccc4c(-c4ccc(-c5ccccc5)cc4)c4ccccc34)cc2)cc1. The van der Waals surface area contributed by atoms with Crippen LogP contribution in [0, 0.1) is 0 Å². The smallest absolute Gasteiger partial charge is 0.00264 e. The van der Waals surface area contributed by atoms with Crippen LogP contribution in [0.2, 0.25) is 0 Å². The summed E-state index contributed by atoms with van der Waals surface area (Å²) in [6.45, 7) is 0. The topological polar surface area (TPSA) is 0 Å². The van der Waals surface area contributed by atoms with E-state index in [-0.39, 0.29) is 0 Å². The van der Waals surface area contributed by atoms with Crippen molar-refractivity contribution in [3.8, 4) is 44.5 Å². The standard InChI is InChI=1S/C38H26/c1-3-11-27(12-4-1)29-19-23-31(24-20-29)37-33-15-7-9-17-35(33)38(36-18-10-8-16-34(36)37)32-25-21-30(22-26-32)28-13-5-2-6-14-28/h1-26H. The Bertz CT molecular complexity index is 1660. The molecule has 0 heterocycles. The largest absolute Gasteiger partial charge is 0.0622 e. The molecule has 0 amide bonds. The van der Waals surface area contributed by atoms with Crippen molar-refractivity contribution < 1.29 is 0 Å². The van der Waals surface area contributed by atoms with Gasteiger partial charge in [-0.25, -0.2) is 0 Å². The van der Waals surface area contributed by atoms with E-state index >= 15 is 0 Å². The summed E-state index contributed by atoms with van der Waals surface area (Å²) in [6, 6.07) is 56.9. The van der Waals surface area contributed by atoms with E-state index in [0.29, 0.717) is 0 Å². The quantitative estimate of drug-likeness (QED) is 0.219. The molecule has 0 bridgehead atoms.